The van der Waals surface area contributed by atoms with E-state index in [1.807, 2.05) is 26.0 Å². The fraction of sp³-hybridized carbons (Fsp3) is 0.182. The first-order valence-corrected chi connectivity index (χ1v) is 5.17. The van der Waals surface area contributed by atoms with E-state index in [1.54, 1.807) is 6.08 Å². The number of aryl methyl sites for hydroxylation is 1. The van der Waals surface area contributed by atoms with Crippen LogP contribution in [0.15, 0.2) is 18.7 Å². The largest absolute Gasteiger partial charge is 0.406 e. The van der Waals surface area contributed by atoms with Crippen molar-refractivity contribution in [1.29, 1.82) is 0 Å². The summed E-state index contributed by atoms with van der Waals surface area (Å²) in [5.41, 5.74) is 2.88. The maximum Gasteiger partial charge on any atom is 0.406 e. The SMILES string of the molecule is C=Cc1ccc(C)c(C(=O)[PH+]=O)c1C. The summed E-state index contributed by atoms with van der Waals surface area (Å²) >= 11 is 0. The summed E-state index contributed by atoms with van der Waals surface area (Å²) in [6.45, 7) is 7.35. The molecule has 0 spiro atoms. The molecule has 72 valence electrons. The Hall–Kier alpha value is -1.27. The van der Waals surface area contributed by atoms with Gasteiger partial charge in [0.2, 0.25) is 0 Å². The maximum absolute atomic E-state index is 11.4. The topological polar surface area (TPSA) is 34.1 Å². The molecule has 1 rings (SSSR count). The summed E-state index contributed by atoms with van der Waals surface area (Å²) < 4.78 is 10.6. The van der Waals surface area contributed by atoms with E-state index in [0.717, 1.165) is 16.7 Å². The second kappa shape index (κ2) is 4.30. The van der Waals surface area contributed by atoms with E-state index >= 15 is 0 Å². The van der Waals surface area contributed by atoms with Crippen molar-refractivity contribution in [3.8, 4) is 0 Å². The van der Waals surface area contributed by atoms with Crippen molar-refractivity contribution in [2.24, 2.45) is 0 Å². The first-order chi connectivity index (χ1) is 6.61. The van der Waals surface area contributed by atoms with Gasteiger partial charge in [-0.25, -0.2) is 4.79 Å². The second-order valence-electron chi connectivity index (χ2n) is 3.11. The molecule has 2 nitrogen and oxygen atoms in total. The van der Waals surface area contributed by atoms with Crippen LogP contribution in [0.5, 0.6) is 0 Å². The van der Waals surface area contributed by atoms with Crippen molar-refractivity contribution in [1.82, 2.24) is 0 Å². The molecular formula is C11H12O2P+. The van der Waals surface area contributed by atoms with Crippen LogP contribution in [0, 0.1) is 13.8 Å². The van der Waals surface area contributed by atoms with Crippen molar-refractivity contribution in [3.63, 3.8) is 0 Å². The van der Waals surface area contributed by atoms with Gasteiger partial charge in [-0.2, -0.15) is 0 Å². The summed E-state index contributed by atoms with van der Waals surface area (Å²) in [5, 5.41) is 0. The molecular weight excluding hydrogens is 195 g/mol. The van der Waals surface area contributed by atoms with Crippen LogP contribution < -0.4 is 0 Å². The van der Waals surface area contributed by atoms with Crippen LogP contribution in [0.2, 0.25) is 0 Å². The number of hydrogen-bond donors (Lipinski definition) is 0. The Kier molecular flexibility index (Phi) is 3.32. The minimum absolute atomic E-state index is 0.316. The van der Waals surface area contributed by atoms with Gasteiger partial charge >= 0.3 is 14.0 Å². The van der Waals surface area contributed by atoms with Crippen LogP contribution in [0.1, 0.15) is 27.0 Å². The lowest BCUT2D eigenvalue weighted by atomic mass is 9.98. The highest BCUT2D eigenvalue weighted by atomic mass is 31.1. The highest BCUT2D eigenvalue weighted by molar-refractivity contribution is 7.47. The van der Waals surface area contributed by atoms with Crippen molar-refractivity contribution >= 4 is 20.1 Å². The van der Waals surface area contributed by atoms with E-state index in [9.17, 15) is 9.36 Å². The molecule has 0 N–H and O–H groups in total. The van der Waals surface area contributed by atoms with Crippen LogP contribution in [-0.4, -0.2) is 5.52 Å². The molecule has 0 saturated carbocycles. The number of carbonyl (C=O) groups excluding carboxylic acids is 1. The fourth-order valence-corrected chi connectivity index (χ4v) is 1.97. The van der Waals surface area contributed by atoms with E-state index in [0.29, 0.717) is 5.56 Å². The van der Waals surface area contributed by atoms with Crippen LogP contribution in [0.4, 0.5) is 0 Å². The molecule has 0 bridgehead atoms. The normalized spacial score (nSPS) is 10.1. The number of carbonyl (C=O) groups is 1. The molecule has 0 fully saturated rings. The van der Waals surface area contributed by atoms with Gasteiger partial charge in [0.05, 0.1) is 5.56 Å². The lowest BCUT2D eigenvalue weighted by molar-refractivity contribution is 0.108. The quantitative estimate of drug-likeness (QED) is 0.713. The molecule has 0 aromatic heterocycles. The van der Waals surface area contributed by atoms with E-state index in [2.05, 4.69) is 6.58 Å². The third-order valence-corrected chi connectivity index (χ3v) is 2.69. The highest BCUT2D eigenvalue weighted by Gasteiger charge is 2.19. The summed E-state index contributed by atoms with van der Waals surface area (Å²) in [6, 6.07) is 3.75. The van der Waals surface area contributed by atoms with Crippen molar-refractivity contribution in [3.05, 3.63) is 41.0 Å². The van der Waals surface area contributed by atoms with Crippen LogP contribution in [0.25, 0.3) is 6.08 Å². The first-order valence-electron chi connectivity index (χ1n) is 4.27. The molecule has 0 aliphatic carbocycles. The van der Waals surface area contributed by atoms with Crippen LogP contribution in [-0.2, 0) is 4.57 Å². The van der Waals surface area contributed by atoms with E-state index in [1.165, 1.54) is 0 Å². The zero-order valence-corrected chi connectivity index (χ0v) is 9.26. The Morgan fingerprint density at radius 3 is 2.57 bits per heavy atom. The van der Waals surface area contributed by atoms with Gasteiger partial charge in [0.1, 0.15) is 0 Å². The van der Waals surface area contributed by atoms with Crippen molar-refractivity contribution < 1.29 is 9.36 Å². The Bertz CT molecular complexity index is 408. The molecule has 0 amide bonds. The first kappa shape index (κ1) is 10.8. The minimum Gasteiger partial charge on any atom is -0.234 e. The van der Waals surface area contributed by atoms with Gasteiger partial charge in [-0.15, -0.1) is 0 Å². The molecule has 0 aliphatic rings. The average molecular weight is 207 g/mol. The Morgan fingerprint density at radius 1 is 1.43 bits per heavy atom. The van der Waals surface area contributed by atoms with Gasteiger partial charge in [0.25, 0.3) is 0 Å². The monoisotopic (exact) mass is 207 g/mol. The molecule has 1 aromatic carbocycles. The standard InChI is InChI=1S/C11H11O2P/c1-4-9-6-5-7(2)10(8(9)3)11(12)14-13/h4-6H,1H2,2-3H3/p+1. The molecule has 1 unspecified atom stereocenters. The second-order valence-corrected chi connectivity index (χ2v) is 3.77. The summed E-state index contributed by atoms with van der Waals surface area (Å²) in [4.78, 5) is 11.4. The lowest BCUT2D eigenvalue weighted by Gasteiger charge is -2.05. The van der Waals surface area contributed by atoms with Gasteiger partial charge in [-0.3, -0.25) is 0 Å². The fourth-order valence-electron chi connectivity index (χ4n) is 1.48. The van der Waals surface area contributed by atoms with Gasteiger partial charge in [-0.05, 0) is 30.5 Å². The zero-order chi connectivity index (χ0) is 10.7. The Morgan fingerprint density at radius 2 is 2.07 bits per heavy atom. The summed E-state index contributed by atoms with van der Waals surface area (Å²) in [7, 11) is -0.924. The Labute approximate surface area is 84.8 Å². The number of benzene rings is 1. The molecule has 1 atom stereocenters. The van der Waals surface area contributed by atoms with Crippen molar-refractivity contribution in [2.75, 3.05) is 0 Å². The summed E-state index contributed by atoms with van der Waals surface area (Å²) in [6.07, 6.45) is 1.69. The molecule has 0 heterocycles. The van der Waals surface area contributed by atoms with Gasteiger partial charge in [0.15, 0.2) is 0 Å². The molecule has 3 heteroatoms. The molecule has 0 radical (unpaired) electrons. The smallest absolute Gasteiger partial charge is 0.234 e. The molecule has 0 aliphatic heterocycles. The van der Waals surface area contributed by atoms with E-state index in [4.69, 9.17) is 0 Å². The van der Waals surface area contributed by atoms with E-state index < -0.39 is 8.46 Å². The van der Waals surface area contributed by atoms with Gasteiger partial charge < -0.3 is 0 Å². The number of hydrogen-bond acceptors (Lipinski definition) is 2. The van der Waals surface area contributed by atoms with Crippen molar-refractivity contribution in [2.45, 2.75) is 13.8 Å². The number of rotatable bonds is 3. The lowest BCUT2D eigenvalue weighted by Crippen LogP contribution is -1.99. The third kappa shape index (κ3) is 1.80. The predicted molar refractivity (Wildman–Crippen MR) is 59.3 cm³/mol. The predicted octanol–water partition coefficient (Wildman–Crippen LogP) is 3.11. The average Bonchev–Trinajstić information content (AvgIpc) is 2.18. The molecule has 1 aromatic rings. The zero-order valence-electron chi connectivity index (χ0n) is 8.26. The van der Waals surface area contributed by atoms with E-state index in [-0.39, 0.29) is 5.52 Å². The maximum atomic E-state index is 11.4. The Balaban J connectivity index is 3.46. The third-order valence-electron chi connectivity index (χ3n) is 2.25. The molecule has 0 saturated heterocycles. The molecule has 14 heavy (non-hydrogen) atoms. The van der Waals surface area contributed by atoms with Crippen LogP contribution >= 0.6 is 8.46 Å². The highest BCUT2D eigenvalue weighted by Crippen LogP contribution is 2.22. The minimum atomic E-state index is -0.924. The van der Waals surface area contributed by atoms with Crippen LogP contribution in [0.3, 0.4) is 0 Å². The van der Waals surface area contributed by atoms with Gasteiger partial charge in [-0.1, -0.05) is 29.4 Å². The van der Waals surface area contributed by atoms with Gasteiger partial charge in [0, 0.05) is 0 Å². The summed E-state index contributed by atoms with van der Waals surface area (Å²) in [5.74, 6) is 0.